The normalized spacial score (nSPS) is 15.4. The van der Waals surface area contributed by atoms with Gasteiger partial charge in [-0.1, -0.05) is 78.9 Å². The Bertz CT molecular complexity index is 2480. The fourth-order valence-corrected chi connectivity index (χ4v) is 8.41. The van der Waals surface area contributed by atoms with E-state index in [1.165, 1.54) is 25.8 Å². The molecule has 396 valence electrons. The molecule has 0 unspecified atom stereocenters. The van der Waals surface area contributed by atoms with Crippen LogP contribution in [0.1, 0.15) is 49.8 Å². The summed E-state index contributed by atoms with van der Waals surface area (Å²) in [5, 5.41) is 36.7. The van der Waals surface area contributed by atoms with Gasteiger partial charge in [0.15, 0.2) is 0 Å². The lowest BCUT2D eigenvalue weighted by atomic mass is 9.99. The first-order valence-corrected chi connectivity index (χ1v) is 25.1. The fraction of sp³-hybridized carbons (Fsp3) is 0.440. The van der Waals surface area contributed by atoms with E-state index in [-0.39, 0.29) is 43.7 Å². The number of hydrogen-bond acceptors (Lipinski definition) is 14. The molecule has 23 heteroatoms. The van der Waals surface area contributed by atoms with E-state index in [1.54, 1.807) is 36.5 Å². The molecule has 73 heavy (non-hydrogen) atoms. The molecule has 0 spiro atoms. The molecule has 1 aromatic heterocycles. The second kappa shape index (κ2) is 29.3. The number of unbranched alkanes of at least 4 members (excludes halogenated alkanes) is 1. The summed E-state index contributed by atoms with van der Waals surface area (Å²) in [7, 11) is 1.39. The van der Waals surface area contributed by atoms with Gasteiger partial charge in [-0.2, -0.15) is 25.3 Å². The Kier molecular flexibility index (Phi) is 23.7. The number of fused-ring (bicyclic) bond motifs is 1. The van der Waals surface area contributed by atoms with Gasteiger partial charge in [0, 0.05) is 48.5 Å². The molecule has 0 fully saturated rings. The Morgan fingerprint density at radius 1 is 0.603 bits per heavy atom. The first-order valence-electron chi connectivity index (χ1n) is 23.8. The number of carbonyl (C=O) groups excluding carboxylic acids is 8. The van der Waals surface area contributed by atoms with Crippen molar-refractivity contribution in [1.82, 2.24) is 41.8 Å². The molecular weight excluding hydrogens is 979 g/mol. The second-order valence-electron chi connectivity index (χ2n) is 17.8. The highest BCUT2D eigenvalue weighted by atomic mass is 32.1. The zero-order chi connectivity index (χ0) is 53.8. The maximum absolute atomic E-state index is 14.9. The quantitative estimate of drug-likeness (QED) is 0.0218. The summed E-state index contributed by atoms with van der Waals surface area (Å²) >= 11 is 8.47. The molecular formula is C50H69N11O10S2. The number of likely N-dealkylation sites (N-methyl/N-ethyl adjacent to an activating group) is 1. The van der Waals surface area contributed by atoms with Crippen LogP contribution in [-0.4, -0.2) is 153 Å². The molecule has 0 aliphatic heterocycles. The van der Waals surface area contributed by atoms with Crippen molar-refractivity contribution in [3.8, 4) is 0 Å². The molecule has 1 heterocycles. The smallest absolute Gasteiger partial charge is 0.245 e. The molecule has 0 saturated carbocycles. The van der Waals surface area contributed by atoms with Crippen LogP contribution in [0, 0.1) is 0 Å². The summed E-state index contributed by atoms with van der Waals surface area (Å²) in [6.45, 7) is 2.69. The molecule has 21 nitrogen and oxygen atoms in total. The van der Waals surface area contributed by atoms with E-state index < -0.39 is 108 Å². The van der Waals surface area contributed by atoms with Crippen molar-refractivity contribution in [1.29, 1.82) is 0 Å². The number of nitrogens with zero attached hydrogens (tertiary/aromatic N) is 1. The van der Waals surface area contributed by atoms with Crippen LogP contribution in [0.25, 0.3) is 10.9 Å². The first-order chi connectivity index (χ1) is 34.8. The molecule has 15 N–H and O–H groups in total. The Morgan fingerprint density at radius 2 is 1.10 bits per heavy atom. The third-order valence-electron chi connectivity index (χ3n) is 12.1. The van der Waals surface area contributed by atoms with Crippen molar-refractivity contribution in [3.63, 3.8) is 0 Å². The molecule has 8 amide bonds. The van der Waals surface area contributed by atoms with Crippen molar-refractivity contribution in [2.75, 3.05) is 25.1 Å². The SMILES string of the molecule is C[C@@H](O)[C@H](NC(=O)[C@H](CS)NC(=O)[C@@H](NC(=O)[C@H](CCCCN)NC(=O)[C@@H](Cc1c[nH]c2ccccc12)N(C)C(=O)[C@H](Cc1ccccc1)NC(=O)[C@H](CS)NC(=O)[C@H](N)Cc1ccccc1)[C@@H](C)O)C(N)=O. The number of H-pyrrole nitrogens is 1. The van der Waals surface area contributed by atoms with Gasteiger partial charge in [-0.15, -0.1) is 0 Å². The Labute approximate surface area is 435 Å². The highest BCUT2D eigenvalue weighted by Gasteiger charge is 2.38. The number of benzene rings is 3. The molecule has 4 rings (SSSR count). The number of carbonyl (C=O) groups is 8. The van der Waals surface area contributed by atoms with E-state index in [0.29, 0.717) is 24.0 Å². The van der Waals surface area contributed by atoms with Gasteiger partial charge in [0.2, 0.25) is 47.3 Å². The summed E-state index contributed by atoms with van der Waals surface area (Å²) in [6.07, 6.45) is -0.415. The predicted octanol–water partition coefficient (Wildman–Crippen LogP) is -1.51. The number of aliphatic hydroxyl groups excluding tert-OH is 2. The molecule has 3 aromatic carbocycles. The first kappa shape index (κ1) is 59.1. The third kappa shape index (κ3) is 17.6. The van der Waals surface area contributed by atoms with Gasteiger partial charge >= 0.3 is 0 Å². The maximum atomic E-state index is 14.9. The van der Waals surface area contributed by atoms with E-state index in [2.05, 4.69) is 62.1 Å². The predicted molar refractivity (Wildman–Crippen MR) is 282 cm³/mol. The third-order valence-corrected chi connectivity index (χ3v) is 12.8. The van der Waals surface area contributed by atoms with Crippen LogP contribution >= 0.6 is 25.3 Å². The Balaban J connectivity index is 1.64. The Hall–Kier alpha value is -6.50. The number of nitrogens with one attached hydrogen (secondary N) is 7. The number of hydrogen-bond donors (Lipinski definition) is 14. The number of rotatable bonds is 29. The zero-order valence-electron chi connectivity index (χ0n) is 41.0. The van der Waals surface area contributed by atoms with Crippen LogP contribution < -0.4 is 49.1 Å². The van der Waals surface area contributed by atoms with E-state index >= 15 is 0 Å². The van der Waals surface area contributed by atoms with Crippen LogP contribution in [0.15, 0.2) is 91.1 Å². The van der Waals surface area contributed by atoms with E-state index in [1.807, 2.05) is 54.6 Å². The standard InChI is InChI=1S/C50H69N11O10S2/c1-28(62)41(43(53)64)59-47(68)39(27-73)58-49(70)42(29(2)63)60-45(66)36(20-12-13-21-51)55-48(69)40(24-32-25-54-35-19-11-10-18-33(32)35)61(3)50(71)37(23-31-16-8-5-9-17-31)56-46(67)38(26-72)57-44(65)34(52)22-30-14-6-4-7-15-30/h4-11,14-19,25,28-29,34,36-42,54,62-63,72-73H,12-13,20-24,26-27,51-52H2,1-3H3,(H2,53,64)(H,55,69)(H,56,67)(H,57,65)(H,58,70)(H,59,68)(H,60,66)/t28-,29-,34-,36+,37+,38+,39+,40-,41+,42+/m1/s1. The molecule has 0 aliphatic carbocycles. The van der Waals surface area contributed by atoms with Crippen LogP contribution in [0.2, 0.25) is 0 Å². The maximum Gasteiger partial charge on any atom is 0.245 e. The van der Waals surface area contributed by atoms with E-state index in [4.69, 9.17) is 17.2 Å². The number of para-hydroxylation sites is 1. The van der Waals surface area contributed by atoms with Crippen molar-refractivity contribution < 1.29 is 48.6 Å². The number of nitrogens with two attached hydrogens (primary N) is 3. The number of aliphatic hydroxyl groups is 2. The van der Waals surface area contributed by atoms with Crippen LogP contribution in [-0.2, 0) is 57.6 Å². The highest BCUT2D eigenvalue weighted by Crippen LogP contribution is 2.22. The molecule has 0 bridgehead atoms. The number of amides is 8. The molecule has 10 atom stereocenters. The summed E-state index contributed by atoms with van der Waals surface area (Å²) in [5.41, 5.74) is 20.2. The Morgan fingerprint density at radius 3 is 1.66 bits per heavy atom. The minimum Gasteiger partial charge on any atom is -0.391 e. The number of thiol groups is 2. The van der Waals surface area contributed by atoms with E-state index in [9.17, 15) is 48.6 Å². The van der Waals surface area contributed by atoms with Gasteiger partial charge in [0.05, 0.1) is 18.2 Å². The van der Waals surface area contributed by atoms with Crippen LogP contribution in [0.5, 0.6) is 0 Å². The largest absolute Gasteiger partial charge is 0.391 e. The second-order valence-corrected chi connectivity index (χ2v) is 18.5. The summed E-state index contributed by atoms with van der Waals surface area (Å²) in [6, 6.07) is 14.4. The minimum absolute atomic E-state index is 0.00552. The lowest BCUT2D eigenvalue weighted by Crippen LogP contribution is -2.62. The van der Waals surface area contributed by atoms with Crippen molar-refractivity contribution in [2.24, 2.45) is 17.2 Å². The average Bonchev–Trinajstić information content (AvgIpc) is 3.78. The fourth-order valence-electron chi connectivity index (χ4n) is 7.90. The van der Waals surface area contributed by atoms with E-state index in [0.717, 1.165) is 16.5 Å². The van der Waals surface area contributed by atoms with Gasteiger partial charge in [-0.05, 0) is 68.8 Å². The van der Waals surface area contributed by atoms with Gasteiger partial charge in [-0.3, -0.25) is 38.4 Å². The summed E-state index contributed by atoms with van der Waals surface area (Å²) < 4.78 is 0. The van der Waals surface area contributed by atoms with Crippen molar-refractivity contribution in [3.05, 3.63) is 108 Å². The molecule has 0 radical (unpaired) electrons. The van der Waals surface area contributed by atoms with Gasteiger partial charge < -0.3 is 69.2 Å². The van der Waals surface area contributed by atoms with Crippen LogP contribution in [0.3, 0.4) is 0 Å². The lowest BCUT2D eigenvalue weighted by Gasteiger charge is -2.33. The molecule has 0 saturated heterocycles. The zero-order valence-corrected chi connectivity index (χ0v) is 42.8. The summed E-state index contributed by atoms with van der Waals surface area (Å²) in [4.78, 5) is 114. The topological polar surface area (TPSA) is 346 Å². The lowest BCUT2D eigenvalue weighted by molar-refractivity contribution is -0.143. The monoisotopic (exact) mass is 1050 g/mol. The highest BCUT2D eigenvalue weighted by molar-refractivity contribution is 7.80. The number of aromatic amines is 1. The average molecular weight is 1050 g/mol. The number of primary amides is 1. The van der Waals surface area contributed by atoms with Crippen molar-refractivity contribution in [2.45, 2.75) is 113 Å². The van der Waals surface area contributed by atoms with Gasteiger partial charge in [-0.25, -0.2) is 0 Å². The summed E-state index contributed by atoms with van der Waals surface area (Å²) in [5.74, 6) is -7.20. The minimum atomic E-state index is -1.70. The van der Waals surface area contributed by atoms with Gasteiger partial charge in [0.1, 0.15) is 42.3 Å². The van der Waals surface area contributed by atoms with Crippen molar-refractivity contribution >= 4 is 83.4 Å². The molecule has 0 aliphatic rings. The molecule has 4 aromatic rings. The van der Waals surface area contributed by atoms with Crippen LogP contribution in [0.4, 0.5) is 0 Å². The number of aromatic nitrogens is 1. The van der Waals surface area contributed by atoms with Gasteiger partial charge in [0.25, 0.3) is 0 Å².